The van der Waals surface area contributed by atoms with Crippen LogP contribution in [0.2, 0.25) is 0 Å². The van der Waals surface area contributed by atoms with E-state index in [1.54, 1.807) is 50.4 Å². The Morgan fingerprint density at radius 3 is 2.11 bits per heavy atom. The number of benzene rings is 2. The molecule has 3 aromatic rings. The SMILES string of the molecule is CC(C)[C@@H](NC(=O)CCCCNc1ccccn1)C(=O)NC(CC(=O)OC(=O)C(F)(F)F)c1ccc(-c2ccccc2)cc1. The van der Waals surface area contributed by atoms with Crippen molar-refractivity contribution in [3.05, 3.63) is 84.6 Å². The number of esters is 2. The Hall–Kier alpha value is -4.74. The highest BCUT2D eigenvalue weighted by Gasteiger charge is 2.42. The number of aromatic nitrogens is 1. The van der Waals surface area contributed by atoms with Crippen LogP contribution in [0.5, 0.6) is 0 Å². The van der Waals surface area contributed by atoms with Gasteiger partial charge in [-0.15, -0.1) is 0 Å². The summed E-state index contributed by atoms with van der Waals surface area (Å²) in [5.41, 5.74) is 2.13. The molecule has 234 valence electrons. The normalized spacial score (nSPS) is 12.6. The van der Waals surface area contributed by atoms with Gasteiger partial charge in [-0.2, -0.15) is 13.2 Å². The molecule has 9 nitrogen and oxygen atoms in total. The number of carbonyl (C=O) groups is 4. The number of hydrogen-bond donors (Lipinski definition) is 3. The van der Waals surface area contributed by atoms with E-state index in [-0.39, 0.29) is 18.2 Å². The summed E-state index contributed by atoms with van der Waals surface area (Å²) in [6.07, 6.45) is -3.04. The smallest absolute Gasteiger partial charge is 0.386 e. The number of pyridine rings is 1. The highest BCUT2D eigenvalue weighted by Crippen LogP contribution is 2.25. The lowest BCUT2D eigenvalue weighted by Crippen LogP contribution is -2.50. The minimum atomic E-state index is -5.35. The molecule has 0 fully saturated rings. The largest absolute Gasteiger partial charge is 0.491 e. The van der Waals surface area contributed by atoms with Crippen LogP contribution in [-0.2, 0) is 23.9 Å². The third-order valence-electron chi connectivity index (χ3n) is 6.61. The first-order valence-electron chi connectivity index (χ1n) is 14.2. The van der Waals surface area contributed by atoms with Crippen LogP contribution in [0.1, 0.15) is 51.1 Å². The monoisotopic (exact) mass is 612 g/mol. The molecule has 12 heteroatoms. The molecular weight excluding hydrogens is 577 g/mol. The summed E-state index contributed by atoms with van der Waals surface area (Å²) in [5.74, 6) is -4.73. The van der Waals surface area contributed by atoms with Crippen molar-refractivity contribution in [1.82, 2.24) is 15.6 Å². The highest BCUT2D eigenvalue weighted by atomic mass is 19.4. The summed E-state index contributed by atoms with van der Waals surface area (Å²) < 4.78 is 42.0. The van der Waals surface area contributed by atoms with Crippen LogP contribution >= 0.6 is 0 Å². The van der Waals surface area contributed by atoms with Crippen LogP contribution in [0.3, 0.4) is 0 Å². The average molecular weight is 613 g/mol. The fourth-order valence-corrected chi connectivity index (χ4v) is 4.30. The number of carbonyl (C=O) groups excluding carboxylic acids is 4. The fraction of sp³-hybridized carbons (Fsp3) is 0.344. The lowest BCUT2D eigenvalue weighted by atomic mass is 9.97. The number of halogens is 3. The first-order chi connectivity index (χ1) is 20.9. The van der Waals surface area contributed by atoms with E-state index in [4.69, 9.17) is 0 Å². The van der Waals surface area contributed by atoms with Crippen molar-refractivity contribution in [2.75, 3.05) is 11.9 Å². The number of amides is 2. The number of unbranched alkanes of at least 4 members (excludes halogenated alkanes) is 1. The summed E-state index contributed by atoms with van der Waals surface area (Å²) in [6.45, 7) is 4.05. The molecule has 1 aromatic heterocycles. The quantitative estimate of drug-likeness (QED) is 0.127. The van der Waals surface area contributed by atoms with Gasteiger partial charge in [0, 0.05) is 19.2 Å². The van der Waals surface area contributed by atoms with Gasteiger partial charge in [0.15, 0.2) is 0 Å². The molecule has 0 spiro atoms. The van der Waals surface area contributed by atoms with Crippen LogP contribution in [0, 0.1) is 5.92 Å². The third kappa shape index (κ3) is 10.8. The molecule has 0 aliphatic heterocycles. The maximum atomic E-state index is 13.3. The first-order valence-corrected chi connectivity index (χ1v) is 14.2. The van der Waals surface area contributed by atoms with Crippen molar-refractivity contribution in [2.24, 2.45) is 5.92 Å². The van der Waals surface area contributed by atoms with Gasteiger partial charge in [-0.05, 0) is 47.6 Å². The molecule has 1 unspecified atom stereocenters. The number of nitrogens with one attached hydrogen (secondary N) is 3. The zero-order valence-electron chi connectivity index (χ0n) is 24.4. The van der Waals surface area contributed by atoms with Crippen molar-refractivity contribution < 1.29 is 37.1 Å². The first kappa shape index (κ1) is 33.8. The molecule has 1 heterocycles. The summed E-state index contributed by atoms with van der Waals surface area (Å²) in [5, 5.41) is 8.52. The predicted molar refractivity (Wildman–Crippen MR) is 158 cm³/mol. The van der Waals surface area contributed by atoms with Crippen molar-refractivity contribution in [3.63, 3.8) is 0 Å². The van der Waals surface area contributed by atoms with Gasteiger partial charge in [0.25, 0.3) is 0 Å². The van der Waals surface area contributed by atoms with Gasteiger partial charge in [-0.3, -0.25) is 14.4 Å². The minimum absolute atomic E-state index is 0.163. The maximum absolute atomic E-state index is 13.3. The molecule has 0 saturated carbocycles. The van der Waals surface area contributed by atoms with E-state index in [1.807, 2.05) is 42.5 Å². The highest BCUT2D eigenvalue weighted by molar-refractivity contribution is 5.90. The fourth-order valence-electron chi connectivity index (χ4n) is 4.30. The van der Waals surface area contributed by atoms with E-state index < -0.39 is 42.5 Å². The van der Waals surface area contributed by atoms with Crippen LogP contribution in [0.4, 0.5) is 19.0 Å². The lowest BCUT2D eigenvalue weighted by Gasteiger charge is -2.26. The second-order valence-electron chi connectivity index (χ2n) is 10.4. The van der Waals surface area contributed by atoms with E-state index in [0.29, 0.717) is 24.9 Å². The van der Waals surface area contributed by atoms with Crippen LogP contribution in [-0.4, -0.2) is 47.5 Å². The summed E-state index contributed by atoms with van der Waals surface area (Å²) in [6, 6.07) is 19.4. The van der Waals surface area contributed by atoms with Crippen LogP contribution in [0.15, 0.2) is 79.0 Å². The number of rotatable bonds is 14. The van der Waals surface area contributed by atoms with Crippen LogP contribution < -0.4 is 16.0 Å². The molecule has 0 aliphatic carbocycles. The Balaban J connectivity index is 1.66. The molecule has 2 amide bonds. The molecular formula is C32H35F3N4O5. The Bertz CT molecular complexity index is 1380. The van der Waals surface area contributed by atoms with Gasteiger partial charge in [0.2, 0.25) is 11.8 Å². The molecule has 3 N–H and O–H groups in total. The molecule has 0 bridgehead atoms. The van der Waals surface area contributed by atoms with Gasteiger partial charge in [-0.25, -0.2) is 9.78 Å². The Kier molecular flexibility index (Phi) is 12.4. The minimum Gasteiger partial charge on any atom is -0.386 e. The number of hydrogen-bond acceptors (Lipinski definition) is 7. The van der Waals surface area contributed by atoms with Gasteiger partial charge in [0.05, 0.1) is 12.5 Å². The Labute approximate surface area is 253 Å². The second kappa shape index (κ2) is 16.2. The standard InChI is InChI=1S/C32H35F3N4O5/c1-21(2)29(39-27(40)13-7-9-19-37-26-12-6-8-18-36-26)30(42)38-25(20-28(41)44-31(43)32(33,34)35)24-16-14-23(15-17-24)22-10-4-3-5-11-22/h3-6,8,10-12,14-18,21,25,29H,7,9,13,19-20H2,1-2H3,(H,36,37)(H,38,42)(H,39,40)/t25?,29-/m1/s1. The van der Waals surface area contributed by atoms with E-state index in [9.17, 15) is 32.3 Å². The van der Waals surface area contributed by atoms with Gasteiger partial charge < -0.3 is 20.7 Å². The summed E-state index contributed by atoms with van der Waals surface area (Å²) in [4.78, 5) is 53.7. The van der Waals surface area contributed by atoms with E-state index in [2.05, 4.69) is 25.7 Å². The van der Waals surface area contributed by atoms with E-state index >= 15 is 0 Å². The maximum Gasteiger partial charge on any atom is 0.491 e. The molecule has 0 radical (unpaired) electrons. The zero-order chi connectivity index (χ0) is 32.1. The Morgan fingerprint density at radius 2 is 1.50 bits per heavy atom. The van der Waals surface area contributed by atoms with Gasteiger partial charge >= 0.3 is 18.1 Å². The number of anilines is 1. The predicted octanol–water partition coefficient (Wildman–Crippen LogP) is 5.35. The van der Waals surface area contributed by atoms with Crippen molar-refractivity contribution in [1.29, 1.82) is 0 Å². The lowest BCUT2D eigenvalue weighted by molar-refractivity contribution is -0.202. The molecule has 44 heavy (non-hydrogen) atoms. The third-order valence-corrected chi connectivity index (χ3v) is 6.61. The Morgan fingerprint density at radius 1 is 0.841 bits per heavy atom. The molecule has 3 rings (SSSR count). The zero-order valence-corrected chi connectivity index (χ0v) is 24.4. The summed E-state index contributed by atoms with van der Waals surface area (Å²) in [7, 11) is 0. The molecule has 2 atom stereocenters. The molecule has 0 aliphatic rings. The average Bonchev–Trinajstić information content (AvgIpc) is 2.99. The van der Waals surface area contributed by atoms with Crippen molar-refractivity contribution in [3.8, 4) is 11.1 Å². The topological polar surface area (TPSA) is 126 Å². The van der Waals surface area contributed by atoms with Crippen molar-refractivity contribution in [2.45, 2.75) is 57.8 Å². The molecule has 2 aromatic carbocycles. The number of nitrogens with zero attached hydrogens (tertiary/aromatic N) is 1. The van der Waals surface area contributed by atoms with Gasteiger partial charge in [0.1, 0.15) is 11.9 Å². The van der Waals surface area contributed by atoms with E-state index in [1.165, 1.54) is 0 Å². The molecule has 0 saturated heterocycles. The second-order valence-corrected chi connectivity index (χ2v) is 10.4. The van der Waals surface area contributed by atoms with Crippen LogP contribution in [0.25, 0.3) is 11.1 Å². The van der Waals surface area contributed by atoms with Crippen molar-refractivity contribution >= 4 is 29.6 Å². The van der Waals surface area contributed by atoms with Gasteiger partial charge in [-0.1, -0.05) is 74.5 Å². The number of ether oxygens (including phenoxy) is 1. The van der Waals surface area contributed by atoms with E-state index in [0.717, 1.165) is 16.9 Å². The number of alkyl halides is 3. The summed E-state index contributed by atoms with van der Waals surface area (Å²) >= 11 is 0.